The molecule has 0 aromatic rings. The average Bonchev–Trinajstić information content (AvgIpc) is 2.57. The van der Waals surface area contributed by atoms with Gasteiger partial charge >= 0.3 is 5.72 Å². The molecule has 2 rings (SSSR count). The molecule has 0 aromatic heterocycles. The van der Waals surface area contributed by atoms with Crippen molar-refractivity contribution in [3.63, 3.8) is 0 Å². The van der Waals surface area contributed by atoms with Gasteiger partial charge in [0.25, 0.3) is 0 Å². The molecule has 0 aromatic carbocycles. The third-order valence-corrected chi connectivity index (χ3v) is 5.07. The maximum Gasteiger partial charge on any atom is 0.335 e. The second-order valence-corrected chi connectivity index (χ2v) is 6.00. The second kappa shape index (κ2) is 3.72. The third-order valence-electron chi connectivity index (χ3n) is 5.07. The Labute approximate surface area is 97.8 Å². The van der Waals surface area contributed by atoms with Gasteiger partial charge in [0.2, 0.25) is 0 Å². The summed E-state index contributed by atoms with van der Waals surface area (Å²) < 4.78 is 0. The molecular formula is C13H22N2O. The Hall–Kier alpha value is -0.590. The first kappa shape index (κ1) is 11.9. The Kier molecular flexibility index (Phi) is 2.76. The van der Waals surface area contributed by atoms with E-state index in [4.69, 9.17) is 12.3 Å². The van der Waals surface area contributed by atoms with E-state index in [1.165, 1.54) is 0 Å². The van der Waals surface area contributed by atoms with Gasteiger partial charge in [-0.15, -0.1) is 0 Å². The van der Waals surface area contributed by atoms with E-state index < -0.39 is 5.72 Å². The molecule has 2 saturated carbocycles. The smallest absolute Gasteiger partial charge is 0.327 e. The maximum atomic E-state index is 10.2. The summed E-state index contributed by atoms with van der Waals surface area (Å²) in [6.45, 7) is 11.1. The lowest BCUT2D eigenvalue weighted by atomic mass is 9.62. The number of hydrogen-bond acceptors (Lipinski definition) is 2. The SMILES string of the molecule is [C-]#[N+]C(C)(O)C1CCC2C(N)CCCC21C. The summed E-state index contributed by atoms with van der Waals surface area (Å²) in [6.07, 6.45) is 5.38. The van der Waals surface area contributed by atoms with Gasteiger partial charge in [0.15, 0.2) is 0 Å². The minimum Gasteiger partial charge on any atom is -0.327 e. The Morgan fingerprint density at radius 1 is 1.44 bits per heavy atom. The van der Waals surface area contributed by atoms with Crippen LogP contribution in [-0.2, 0) is 0 Å². The summed E-state index contributed by atoms with van der Waals surface area (Å²) in [7, 11) is 0. The minimum absolute atomic E-state index is 0.0751. The van der Waals surface area contributed by atoms with Crippen molar-refractivity contribution in [1.82, 2.24) is 0 Å². The number of nitrogens with two attached hydrogens (primary N) is 1. The Balaban J connectivity index is 2.29. The van der Waals surface area contributed by atoms with Gasteiger partial charge in [-0.05, 0) is 37.0 Å². The van der Waals surface area contributed by atoms with E-state index in [9.17, 15) is 5.11 Å². The van der Waals surface area contributed by atoms with E-state index in [2.05, 4.69) is 11.8 Å². The molecule has 3 N–H and O–H groups in total. The van der Waals surface area contributed by atoms with Crippen LogP contribution < -0.4 is 5.73 Å². The molecule has 0 amide bonds. The highest BCUT2D eigenvalue weighted by molar-refractivity contribution is 5.08. The van der Waals surface area contributed by atoms with E-state index >= 15 is 0 Å². The predicted octanol–water partition coefficient (Wildman–Crippen LogP) is 2.16. The van der Waals surface area contributed by atoms with Crippen LogP contribution in [0.25, 0.3) is 4.85 Å². The van der Waals surface area contributed by atoms with Gasteiger partial charge in [-0.3, -0.25) is 4.85 Å². The van der Waals surface area contributed by atoms with Crippen molar-refractivity contribution < 1.29 is 5.11 Å². The zero-order valence-corrected chi connectivity index (χ0v) is 10.2. The first-order chi connectivity index (χ1) is 7.42. The zero-order chi connectivity index (χ0) is 12.0. The van der Waals surface area contributed by atoms with Gasteiger partial charge in [-0.2, -0.15) is 0 Å². The molecule has 0 saturated heterocycles. The summed E-state index contributed by atoms with van der Waals surface area (Å²) in [6, 6.07) is 0.269. The van der Waals surface area contributed by atoms with Crippen molar-refractivity contribution in [2.24, 2.45) is 23.0 Å². The molecule has 5 unspecified atom stereocenters. The summed E-state index contributed by atoms with van der Waals surface area (Å²) in [5.41, 5.74) is 5.06. The summed E-state index contributed by atoms with van der Waals surface area (Å²) in [4.78, 5) is 3.43. The number of aliphatic hydroxyl groups is 1. The Morgan fingerprint density at radius 3 is 2.75 bits per heavy atom. The molecule has 3 nitrogen and oxygen atoms in total. The normalized spacial score (nSPS) is 46.8. The highest BCUT2D eigenvalue weighted by atomic mass is 16.3. The molecule has 3 heteroatoms. The monoisotopic (exact) mass is 222 g/mol. The van der Waals surface area contributed by atoms with Crippen LogP contribution >= 0.6 is 0 Å². The number of hydrogen-bond donors (Lipinski definition) is 2. The van der Waals surface area contributed by atoms with Crippen LogP contribution in [-0.4, -0.2) is 16.9 Å². The van der Waals surface area contributed by atoms with Gasteiger partial charge in [0, 0.05) is 13.0 Å². The zero-order valence-electron chi connectivity index (χ0n) is 10.2. The molecule has 90 valence electrons. The van der Waals surface area contributed by atoms with Crippen molar-refractivity contribution in [3.8, 4) is 0 Å². The van der Waals surface area contributed by atoms with Crippen molar-refractivity contribution in [1.29, 1.82) is 0 Å². The van der Waals surface area contributed by atoms with Gasteiger partial charge < -0.3 is 10.8 Å². The molecule has 0 aliphatic heterocycles. The standard InChI is InChI=1S/C13H22N2O/c1-12-8-4-5-10(14)9(12)6-7-11(12)13(2,16)15-3/h9-11,16H,4-8,14H2,1-2H3. The quantitative estimate of drug-likeness (QED) is 0.668. The molecule has 0 heterocycles. The molecule has 5 atom stereocenters. The van der Waals surface area contributed by atoms with Crippen molar-refractivity contribution in [2.45, 2.75) is 57.7 Å². The highest BCUT2D eigenvalue weighted by Gasteiger charge is 2.59. The average molecular weight is 222 g/mol. The number of rotatable bonds is 1. The van der Waals surface area contributed by atoms with Gasteiger partial charge in [0.1, 0.15) is 0 Å². The minimum atomic E-state index is -1.21. The maximum absolute atomic E-state index is 10.2. The van der Waals surface area contributed by atoms with E-state index in [1.54, 1.807) is 6.92 Å². The van der Waals surface area contributed by atoms with Crippen LogP contribution in [0.3, 0.4) is 0 Å². The second-order valence-electron chi connectivity index (χ2n) is 6.00. The van der Waals surface area contributed by atoms with Gasteiger partial charge in [-0.25, -0.2) is 6.57 Å². The van der Waals surface area contributed by atoms with E-state index in [1.807, 2.05) is 0 Å². The summed E-state index contributed by atoms with van der Waals surface area (Å²) in [5.74, 6) is 0.591. The molecule has 2 aliphatic rings. The van der Waals surface area contributed by atoms with Gasteiger partial charge in [-0.1, -0.05) is 13.3 Å². The largest absolute Gasteiger partial charge is 0.335 e. The lowest BCUT2D eigenvalue weighted by Crippen LogP contribution is -2.48. The molecule has 0 spiro atoms. The van der Waals surface area contributed by atoms with Crippen LogP contribution in [0, 0.1) is 23.8 Å². The molecular weight excluding hydrogens is 200 g/mol. The van der Waals surface area contributed by atoms with E-state index in [0.29, 0.717) is 5.92 Å². The van der Waals surface area contributed by atoms with E-state index in [-0.39, 0.29) is 17.4 Å². The van der Waals surface area contributed by atoms with Crippen LogP contribution in [0.4, 0.5) is 0 Å². The van der Waals surface area contributed by atoms with Crippen LogP contribution in [0.15, 0.2) is 0 Å². The lowest BCUT2D eigenvalue weighted by Gasteiger charge is -2.44. The number of nitrogens with zero attached hydrogens (tertiary/aromatic N) is 1. The molecule has 2 aliphatic carbocycles. The van der Waals surface area contributed by atoms with E-state index in [0.717, 1.165) is 32.1 Å². The van der Waals surface area contributed by atoms with Gasteiger partial charge in [0.05, 0.1) is 5.92 Å². The fourth-order valence-electron chi connectivity index (χ4n) is 4.22. The molecule has 16 heavy (non-hydrogen) atoms. The molecule has 0 bridgehead atoms. The highest BCUT2D eigenvalue weighted by Crippen LogP contribution is 2.58. The first-order valence-corrected chi connectivity index (χ1v) is 6.28. The van der Waals surface area contributed by atoms with Crippen molar-refractivity contribution in [2.75, 3.05) is 0 Å². The molecule has 0 radical (unpaired) electrons. The lowest BCUT2D eigenvalue weighted by molar-refractivity contribution is -0.0381. The fourth-order valence-corrected chi connectivity index (χ4v) is 4.22. The predicted molar refractivity (Wildman–Crippen MR) is 63.4 cm³/mol. The first-order valence-electron chi connectivity index (χ1n) is 6.28. The summed E-state index contributed by atoms with van der Waals surface area (Å²) in [5, 5.41) is 10.2. The Morgan fingerprint density at radius 2 is 2.12 bits per heavy atom. The summed E-state index contributed by atoms with van der Waals surface area (Å²) >= 11 is 0. The third kappa shape index (κ3) is 1.56. The number of fused-ring (bicyclic) bond motifs is 1. The molecule has 2 fully saturated rings. The van der Waals surface area contributed by atoms with Crippen molar-refractivity contribution >= 4 is 0 Å². The van der Waals surface area contributed by atoms with Crippen LogP contribution in [0.5, 0.6) is 0 Å². The van der Waals surface area contributed by atoms with Crippen molar-refractivity contribution in [3.05, 3.63) is 11.4 Å². The fraction of sp³-hybridized carbons (Fsp3) is 0.923. The van der Waals surface area contributed by atoms with Crippen LogP contribution in [0.1, 0.15) is 46.0 Å². The van der Waals surface area contributed by atoms with Crippen LogP contribution in [0.2, 0.25) is 0 Å². The Bertz CT molecular complexity index is 320. The topological polar surface area (TPSA) is 50.6 Å².